The highest BCUT2D eigenvalue weighted by molar-refractivity contribution is 5.85. The van der Waals surface area contributed by atoms with Crippen molar-refractivity contribution < 1.29 is 14.7 Å². The lowest BCUT2D eigenvalue weighted by atomic mass is 10.1. The molecule has 0 saturated carbocycles. The summed E-state index contributed by atoms with van der Waals surface area (Å²) in [6.45, 7) is 10.6. The predicted molar refractivity (Wildman–Crippen MR) is 81.3 cm³/mol. The zero-order valence-electron chi connectivity index (χ0n) is 13.5. The van der Waals surface area contributed by atoms with E-state index in [9.17, 15) is 4.79 Å². The summed E-state index contributed by atoms with van der Waals surface area (Å²) in [4.78, 5) is 16.0. The predicted octanol–water partition coefficient (Wildman–Crippen LogP) is 0.471. The summed E-state index contributed by atoms with van der Waals surface area (Å²) in [6.07, 6.45) is 0.775. The Morgan fingerprint density at radius 2 is 1.90 bits per heavy atom. The van der Waals surface area contributed by atoms with Gasteiger partial charge in [-0.05, 0) is 27.2 Å². The van der Waals surface area contributed by atoms with E-state index in [0.717, 1.165) is 19.5 Å². The van der Waals surface area contributed by atoms with E-state index in [2.05, 4.69) is 10.1 Å². The van der Waals surface area contributed by atoms with Gasteiger partial charge in [-0.15, -0.1) is 0 Å². The van der Waals surface area contributed by atoms with E-state index in [4.69, 9.17) is 15.7 Å². The van der Waals surface area contributed by atoms with Gasteiger partial charge in [0.25, 0.3) is 0 Å². The lowest BCUT2D eigenvalue weighted by molar-refractivity contribution is -0.142. The van der Waals surface area contributed by atoms with Crippen LogP contribution in [0.5, 0.6) is 0 Å². The summed E-state index contributed by atoms with van der Waals surface area (Å²) in [7, 11) is 0. The first-order valence-electron chi connectivity index (χ1n) is 7.41. The van der Waals surface area contributed by atoms with Crippen LogP contribution in [0.4, 0.5) is 0 Å². The zero-order chi connectivity index (χ0) is 16.0. The van der Waals surface area contributed by atoms with Crippen molar-refractivity contribution in [2.24, 2.45) is 10.9 Å². The second kappa shape index (κ2) is 7.61. The van der Waals surface area contributed by atoms with Crippen molar-refractivity contribution in [1.82, 2.24) is 9.80 Å². The molecule has 1 rings (SSSR count). The zero-order valence-corrected chi connectivity index (χ0v) is 13.5. The Labute approximate surface area is 126 Å². The number of carbonyl (C=O) groups excluding carboxylic acids is 1. The molecule has 7 heteroatoms. The summed E-state index contributed by atoms with van der Waals surface area (Å²) in [5.74, 6) is 0.245. The first-order valence-corrected chi connectivity index (χ1v) is 7.41. The van der Waals surface area contributed by atoms with Gasteiger partial charge in [-0.2, -0.15) is 0 Å². The molecule has 1 unspecified atom stereocenters. The van der Waals surface area contributed by atoms with Gasteiger partial charge < -0.3 is 20.6 Å². The largest absolute Gasteiger partial charge is 0.409 e. The monoisotopic (exact) mass is 300 g/mol. The number of carbonyl (C=O) groups is 1. The molecule has 122 valence electrons. The fourth-order valence-electron chi connectivity index (χ4n) is 2.37. The molecule has 1 fully saturated rings. The van der Waals surface area contributed by atoms with Gasteiger partial charge in [0.05, 0.1) is 11.6 Å². The van der Waals surface area contributed by atoms with E-state index >= 15 is 0 Å². The molecule has 0 radical (unpaired) electrons. The summed E-state index contributed by atoms with van der Waals surface area (Å²) in [6, 6.07) is -0.0712. The maximum absolute atomic E-state index is 12.1. The van der Waals surface area contributed by atoms with Crippen molar-refractivity contribution in [2.75, 3.05) is 32.8 Å². The van der Waals surface area contributed by atoms with Gasteiger partial charge in [0.15, 0.2) is 5.84 Å². The van der Waals surface area contributed by atoms with Crippen LogP contribution in [0.15, 0.2) is 5.16 Å². The van der Waals surface area contributed by atoms with Crippen LogP contribution in [-0.2, 0) is 9.53 Å². The summed E-state index contributed by atoms with van der Waals surface area (Å²) >= 11 is 0. The van der Waals surface area contributed by atoms with E-state index < -0.39 is 0 Å². The van der Waals surface area contributed by atoms with Crippen LogP contribution in [0.3, 0.4) is 0 Å². The third-order valence-corrected chi connectivity index (χ3v) is 3.58. The van der Waals surface area contributed by atoms with E-state index in [1.54, 1.807) is 4.90 Å². The van der Waals surface area contributed by atoms with Crippen molar-refractivity contribution in [3.05, 3.63) is 0 Å². The van der Waals surface area contributed by atoms with E-state index in [-0.39, 0.29) is 30.0 Å². The number of amidine groups is 1. The van der Waals surface area contributed by atoms with Crippen LogP contribution in [0.25, 0.3) is 0 Å². The normalized spacial score (nSPS) is 19.6. The third kappa shape index (κ3) is 5.51. The van der Waals surface area contributed by atoms with Gasteiger partial charge >= 0.3 is 0 Å². The first-order chi connectivity index (χ1) is 9.78. The number of amides is 1. The molecule has 1 aliphatic heterocycles. The van der Waals surface area contributed by atoms with Crippen molar-refractivity contribution in [3.8, 4) is 0 Å². The average molecular weight is 300 g/mol. The SMILES string of the molecule is CCC(C(N)=NO)N1CCN(C(=O)COC(C)(C)C)CC1. The molecular weight excluding hydrogens is 272 g/mol. The van der Waals surface area contributed by atoms with Gasteiger partial charge in [-0.3, -0.25) is 9.69 Å². The topological polar surface area (TPSA) is 91.4 Å². The number of rotatable bonds is 5. The number of nitrogens with two attached hydrogens (primary N) is 1. The minimum atomic E-state index is -0.309. The molecular formula is C14H28N4O3. The second-order valence-corrected chi connectivity index (χ2v) is 6.27. The number of nitrogens with zero attached hydrogens (tertiary/aromatic N) is 3. The van der Waals surface area contributed by atoms with E-state index in [1.165, 1.54) is 0 Å². The van der Waals surface area contributed by atoms with Gasteiger partial charge in [0.2, 0.25) is 5.91 Å². The molecule has 1 aliphatic rings. The Balaban J connectivity index is 2.46. The molecule has 0 bridgehead atoms. The Bertz CT molecular complexity index is 371. The maximum Gasteiger partial charge on any atom is 0.248 e. The molecule has 0 spiro atoms. The second-order valence-electron chi connectivity index (χ2n) is 6.27. The van der Waals surface area contributed by atoms with Crippen LogP contribution >= 0.6 is 0 Å². The van der Waals surface area contributed by atoms with Crippen LogP contribution in [0.2, 0.25) is 0 Å². The summed E-state index contributed by atoms with van der Waals surface area (Å²) in [5.41, 5.74) is 5.40. The highest BCUT2D eigenvalue weighted by Gasteiger charge is 2.27. The molecule has 1 saturated heterocycles. The fourth-order valence-corrected chi connectivity index (χ4v) is 2.37. The van der Waals surface area contributed by atoms with E-state index in [1.807, 2.05) is 27.7 Å². The fraction of sp³-hybridized carbons (Fsp3) is 0.857. The standard InChI is InChI=1S/C14H28N4O3/c1-5-11(13(15)16-20)17-6-8-18(9-7-17)12(19)10-21-14(2,3)4/h11,20H,5-10H2,1-4H3,(H2,15,16). The molecule has 1 amide bonds. The average Bonchev–Trinajstić information content (AvgIpc) is 2.45. The van der Waals surface area contributed by atoms with Crippen molar-refractivity contribution in [1.29, 1.82) is 0 Å². The highest BCUT2D eigenvalue weighted by atomic mass is 16.5. The lowest BCUT2D eigenvalue weighted by Crippen LogP contribution is -2.55. The van der Waals surface area contributed by atoms with Gasteiger partial charge in [0.1, 0.15) is 6.61 Å². The van der Waals surface area contributed by atoms with Crippen molar-refractivity contribution >= 4 is 11.7 Å². The molecule has 0 aliphatic carbocycles. The first kappa shape index (κ1) is 17.7. The summed E-state index contributed by atoms with van der Waals surface area (Å²) in [5, 5.41) is 11.9. The van der Waals surface area contributed by atoms with Gasteiger partial charge in [0, 0.05) is 26.2 Å². The molecule has 0 aromatic rings. The molecule has 0 aromatic carbocycles. The lowest BCUT2D eigenvalue weighted by Gasteiger charge is -2.38. The number of piperazine rings is 1. The number of oxime groups is 1. The van der Waals surface area contributed by atoms with Crippen LogP contribution in [0.1, 0.15) is 34.1 Å². The Hall–Kier alpha value is -1.34. The van der Waals surface area contributed by atoms with Crippen molar-refractivity contribution in [2.45, 2.75) is 45.8 Å². The maximum atomic E-state index is 12.1. The minimum absolute atomic E-state index is 0.0152. The Morgan fingerprint density at radius 3 is 2.33 bits per heavy atom. The van der Waals surface area contributed by atoms with Gasteiger partial charge in [-0.25, -0.2) is 0 Å². The Kier molecular flexibility index (Phi) is 6.42. The third-order valence-electron chi connectivity index (χ3n) is 3.58. The highest BCUT2D eigenvalue weighted by Crippen LogP contribution is 2.11. The molecule has 1 atom stereocenters. The summed E-state index contributed by atoms with van der Waals surface area (Å²) < 4.78 is 5.52. The number of hydrogen-bond donors (Lipinski definition) is 2. The smallest absolute Gasteiger partial charge is 0.248 e. The quantitative estimate of drug-likeness (QED) is 0.333. The molecule has 0 aromatic heterocycles. The van der Waals surface area contributed by atoms with Crippen LogP contribution < -0.4 is 5.73 Å². The van der Waals surface area contributed by atoms with Gasteiger partial charge in [-0.1, -0.05) is 12.1 Å². The van der Waals surface area contributed by atoms with E-state index in [0.29, 0.717) is 13.1 Å². The molecule has 3 N–H and O–H groups in total. The van der Waals surface area contributed by atoms with Crippen molar-refractivity contribution in [3.63, 3.8) is 0 Å². The minimum Gasteiger partial charge on any atom is -0.409 e. The number of hydrogen-bond acceptors (Lipinski definition) is 5. The molecule has 7 nitrogen and oxygen atoms in total. The van der Waals surface area contributed by atoms with Crippen LogP contribution in [0, 0.1) is 0 Å². The molecule has 21 heavy (non-hydrogen) atoms. The molecule has 1 heterocycles. The number of ether oxygens (including phenoxy) is 1. The Morgan fingerprint density at radius 1 is 1.33 bits per heavy atom. The van der Waals surface area contributed by atoms with Crippen LogP contribution in [-0.4, -0.2) is 71.2 Å².